The number of carbonyl (C=O) groups is 2. The van der Waals surface area contributed by atoms with Crippen LogP contribution in [0.2, 0.25) is 0 Å². The van der Waals surface area contributed by atoms with Crippen LogP contribution in [0.15, 0.2) is 58.4 Å². The Labute approximate surface area is 166 Å². The van der Waals surface area contributed by atoms with E-state index in [1.54, 1.807) is 16.7 Å². The van der Waals surface area contributed by atoms with Crippen LogP contribution in [0.25, 0.3) is 10.8 Å². The molecule has 0 spiro atoms. The van der Waals surface area contributed by atoms with Crippen LogP contribution in [0.5, 0.6) is 0 Å². The number of hydrogen-bond donors (Lipinski definition) is 0. The molecule has 1 saturated heterocycles. The Bertz CT molecular complexity index is 831. The molecule has 0 radical (unpaired) electrons. The molecule has 0 saturated carbocycles. The molecule has 136 valence electrons. The van der Waals surface area contributed by atoms with Crippen molar-refractivity contribution >= 4 is 50.3 Å². The molecule has 0 N–H and O–H groups in total. The second-order valence-corrected chi connectivity index (χ2v) is 8.31. The summed E-state index contributed by atoms with van der Waals surface area (Å²) in [5.41, 5.74) is 0. The molecule has 0 aliphatic carbocycles. The number of nitrogens with zero attached hydrogens (tertiary/aromatic N) is 2. The third-order valence-corrected chi connectivity index (χ3v) is 5.79. The molecular weight excluding hydrogens is 412 g/mol. The summed E-state index contributed by atoms with van der Waals surface area (Å²) in [6.45, 7) is 5.92. The van der Waals surface area contributed by atoms with E-state index in [1.165, 1.54) is 15.7 Å². The van der Waals surface area contributed by atoms with Crippen molar-refractivity contribution in [3.8, 4) is 0 Å². The highest BCUT2D eigenvalue weighted by Gasteiger charge is 2.24. The first kappa shape index (κ1) is 19.0. The molecule has 1 aliphatic heterocycles. The summed E-state index contributed by atoms with van der Waals surface area (Å²) in [5.74, 6) is 0.821. The maximum absolute atomic E-state index is 12.4. The molecule has 0 aromatic heterocycles. The molecule has 26 heavy (non-hydrogen) atoms. The Morgan fingerprint density at radius 1 is 1.00 bits per heavy atom. The predicted molar refractivity (Wildman–Crippen MR) is 111 cm³/mol. The molecule has 0 unspecified atom stereocenters. The number of rotatable bonds is 5. The normalized spacial score (nSPS) is 14.5. The standard InChI is InChI=1S/C20H21BrN2O2S/c1-15(21)20(25)23-11-9-22(10-12-23)19(24)8-13-26-18-7-6-16-4-2-3-5-17(16)14-18/h2-7,14H,1,8-13H2. The van der Waals surface area contributed by atoms with Gasteiger partial charge >= 0.3 is 0 Å². The number of benzene rings is 2. The first-order valence-electron chi connectivity index (χ1n) is 8.57. The van der Waals surface area contributed by atoms with Crippen LogP contribution in [0.1, 0.15) is 6.42 Å². The summed E-state index contributed by atoms with van der Waals surface area (Å²) in [7, 11) is 0. The minimum absolute atomic E-state index is 0.0936. The summed E-state index contributed by atoms with van der Waals surface area (Å²) in [4.78, 5) is 29.0. The highest BCUT2D eigenvalue weighted by Crippen LogP contribution is 2.24. The van der Waals surface area contributed by atoms with Gasteiger partial charge in [-0.3, -0.25) is 9.59 Å². The zero-order chi connectivity index (χ0) is 18.5. The number of amides is 2. The number of fused-ring (bicyclic) bond motifs is 1. The topological polar surface area (TPSA) is 40.6 Å². The van der Waals surface area contributed by atoms with Crippen LogP contribution in [-0.2, 0) is 9.59 Å². The zero-order valence-electron chi connectivity index (χ0n) is 14.5. The Kier molecular flexibility index (Phi) is 6.38. The van der Waals surface area contributed by atoms with Gasteiger partial charge in [0.1, 0.15) is 0 Å². The van der Waals surface area contributed by atoms with Gasteiger partial charge in [-0.2, -0.15) is 0 Å². The summed E-state index contributed by atoms with van der Waals surface area (Å²) in [5, 5.41) is 2.45. The lowest BCUT2D eigenvalue weighted by Crippen LogP contribution is -2.50. The van der Waals surface area contributed by atoms with Gasteiger partial charge in [0.2, 0.25) is 5.91 Å². The van der Waals surface area contributed by atoms with Gasteiger partial charge in [0.15, 0.2) is 0 Å². The molecule has 4 nitrogen and oxygen atoms in total. The quantitative estimate of drug-likeness (QED) is 0.531. The summed E-state index contributed by atoms with van der Waals surface area (Å²) < 4.78 is 0.365. The second kappa shape index (κ2) is 8.73. The maximum atomic E-state index is 12.4. The lowest BCUT2D eigenvalue weighted by Gasteiger charge is -2.34. The largest absolute Gasteiger partial charge is 0.339 e. The molecular formula is C20H21BrN2O2S. The molecule has 3 rings (SSSR count). The van der Waals surface area contributed by atoms with Crippen molar-refractivity contribution in [1.82, 2.24) is 9.80 Å². The van der Waals surface area contributed by atoms with Gasteiger partial charge in [0.25, 0.3) is 5.91 Å². The Morgan fingerprint density at radius 2 is 1.65 bits per heavy atom. The lowest BCUT2D eigenvalue weighted by molar-refractivity contribution is -0.137. The van der Waals surface area contributed by atoms with Gasteiger partial charge in [-0.05, 0) is 38.8 Å². The first-order chi connectivity index (χ1) is 12.5. The molecule has 1 heterocycles. The average molecular weight is 433 g/mol. The highest BCUT2D eigenvalue weighted by atomic mass is 79.9. The van der Waals surface area contributed by atoms with Crippen molar-refractivity contribution < 1.29 is 9.59 Å². The van der Waals surface area contributed by atoms with Gasteiger partial charge in [-0.15, -0.1) is 11.8 Å². The highest BCUT2D eigenvalue weighted by molar-refractivity contribution is 9.12. The fourth-order valence-corrected chi connectivity index (χ4v) is 4.14. The summed E-state index contributed by atoms with van der Waals surface area (Å²) >= 11 is 4.83. The van der Waals surface area contributed by atoms with E-state index < -0.39 is 0 Å². The molecule has 0 bridgehead atoms. The van der Waals surface area contributed by atoms with E-state index in [-0.39, 0.29) is 11.8 Å². The molecule has 2 aromatic rings. The van der Waals surface area contributed by atoms with Gasteiger partial charge < -0.3 is 9.80 Å². The third-order valence-electron chi connectivity index (χ3n) is 4.46. The van der Waals surface area contributed by atoms with Crippen LogP contribution in [0.4, 0.5) is 0 Å². The van der Waals surface area contributed by atoms with Crippen molar-refractivity contribution in [2.45, 2.75) is 11.3 Å². The van der Waals surface area contributed by atoms with Crippen molar-refractivity contribution in [3.05, 3.63) is 53.5 Å². The SMILES string of the molecule is C=C(Br)C(=O)N1CCN(C(=O)CCSc2ccc3ccccc3c2)CC1. The van der Waals surface area contributed by atoms with Gasteiger partial charge in [0, 0.05) is 43.2 Å². The minimum atomic E-state index is -0.0936. The number of piperazine rings is 1. The van der Waals surface area contributed by atoms with Crippen molar-refractivity contribution in [1.29, 1.82) is 0 Å². The van der Waals surface area contributed by atoms with Crippen LogP contribution in [0, 0.1) is 0 Å². The van der Waals surface area contributed by atoms with E-state index in [4.69, 9.17) is 0 Å². The van der Waals surface area contributed by atoms with E-state index in [0.29, 0.717) is 37.1 Å². The van der Waals surface area contributed by atoms with Crippen molar-refractivity contribution in [3.63, 3.8) is 0 Å². The summed E-state index contributed by atoms with van der Waals surface area (Å²) in [6.07, 6.45) is 0.511. The number of thioether (sulfide) groups is 1. The zero-order valence-corrected chi connectivity index (χ0v) is 16.9. The molecule has 1 fully saturated rings. The van der Waals surface area contributed by atoms with E-state index in [9.17, 15) is 9.59 Å². The Hall–Kier alpha value is -1.79. The summed E-state index contributed by atoms with van der Waals surface area (Å²) in [6, 6.07) is 14.7. The molecule has 1 aliphatic rings. The lowest BCUT2D eigenvalue weighted by atomic mass is 10.1. The predicted octanol–water partition coefficient (Wildman–Crippen LogP) is 3.90. The first-order valence-corrected chi connectivity index (χ1v) is 10.4. The number of halogens is 1. The molecule has 0 atom stereocenters. The van der Waals surface area contributed by atoms with E-state index in [0.717, 1.165) is 5.75 Å². The number of hydrogen-bond acceptors (Lipinski definition) is 3. The van der Waals surface area contributed by atoms with E-state index >= 15 is 0 Å². The number of carbonyl (C=O) groups excluding carboxylic acids is 2. The Morgan fingerprint density at radius 3 is 2.35 bits per heavy atom. The van der Waals surface area contributed by atoms with E-state index in [1.807, 2.05) is 17.0 Å². The maximum Gasteiger partial charge on any atom is 0.260 e. The smallest absolute Gasteiger partial charge is 0.260 e. The minimum Gasteiger partial charge on any atom is -0.339 e. The van der Waals surface area contributed by atoms with Crippen LogP contribution in [0.3, 0.4) is 0 Å². The second-order valence-electron chi connectivity index (χ2n) is 6.19. The molecule has 2 aromatic carbocycles. The van der Waals surface area contributed by atoms with Gasteiger partial charge in [-0.25, -0.2) is 0 Å². The van der Waals surface area contributed by atoms with Crippen LogP contribution in [-0.4, -0.2) is 53.5 Å². The van der Waals surface area contributed by atoms with Crippen molar-refractivity contribution in [2.24, 2.45) is 0 Å². The molecule has 2 amide bonds. The monoisotopic (exact) mass is 432 g/mol. The Balaban J connectivity index is 1.45. The van der Waals surface area contributed by atoms with E-state index in [2.05, 4.69) is 52.8 Å². The fraction of sp³-hybridized carbons (Fsp3) is 0.300. The molecule has 6 heteroatoms. The van der Waals surface area contributed by atoms with Gasteiger partial charge in [0.05, 0.1) is 4.48 Å². The van der Waals surface area contributed by atoms with Gasteiger partial charge in [-0.1, -0.05) is 36.9 Å². The average Bonchev–Trinajstić information content (AvgIpc) is 2.67. The van der Waals surface area contributed by atoms with Crippen molar-refractivity contribution in [2.75, 3.05) is 31.9 Å². The third kappa shape index (κ3) is 4.68. The van der Waals surface area contributed by atoms with Crippen LogP contribution < -0.4 is 0 Å². The van der Waals surface area contributed by atoms with Crippen LogP contribution >= 0.6 is 27.7 Å². The fourth-order valence-electron chi connectivity index (χ4n) is 3.00.